The van der Waals surface area contributed by atoms with Crippen LogP contribution in [0.4, 0.5) is 5.82 Å². The first-order valence-electron chi connectivity index (χ1n) is 4.94. The van der Waals surface area contributed by atoms with Crippen LogP contribution in [-0.2, 0) is 11.0 Å². The molecule has 0 fully saturated rings. The smallest absolute Gasteiger partial charge is 0.183 e. The number of hydrogen-bond donors (Lipinski definition) is 0. The van der Waals surface area contributed by atoms with E-state index in [4.69, 9.17) is 9.26 Å². The largest absolute Gasteiger partial charge is 0.493 e. The molecule has 0 saturated carbocycles. The van der Waals surface area contributed by atoms with E-state index in [9.17, 15) is 4.21 Å². The Bertz CT molecular complexity index is 581. The number of thiophene rings is 1. The summed E-state index contributed by atoms with van der Waals surface area (Å²) in [7, 11) is 1.86. The Morgan fingerprint density at radius 3 is 2.89 bits per heavy atom. The van der Waals surface area contributed by atoms with Crippen molar-refractivity contribution in [2.24, 2.45) is 0 Å². The summed E-state index contributed by atoms with van der Waals surface area (Å²) in [5, 5.41) is 5.68. The molecule has 8 heteroatoms. The molecule has 2 rings (SSSR count). The third-order valence-electron chi connectivity index (χ3n) is 2.22. The molecule has 0 aliphatic carbocycles. The number of hydrogen-bond acceptors (Lipinski definition) is 5. The standard InChI is InChI=1S/C10H11BrN2O3S2/c1-6-4-8(12-16-6)13(2)18(14)10-9(15-3)7(11)5-17-10/h4-5H,1-3H3. The number of methoxy groups -OCH3 is 1. The summed E-state index contributed by atoms with van der Waals surface area (Å²) in [4.78, 5) is 0. The van der Waals surface area contributed by atoms with Crippen LogP contribution in [0.15, 0.2) is 24.7 Å². The number of anilines is 1. The van der Waals surface area contributed by atoms with E-state index in [1.807, 2.05) is 5.38 Å². The summed E-state index contributed by atoms with van der Waals surface area (Å²) >= 11 is 4.72. The van der Waals surface area contributed by atoms with Gasteiger partial charge < -0.3 is 9.26 Å². The molecule has 0 aliphatic rings. The van der Waals surface area contributed by atoms with E-state index < -0.39 is 11.0 Å². The fourth-order valence-corrected chi connectivity index (χ4v) is 4.51. The van der Waals surface area contributed by atoms with Gasteiger partial charge in [0.2, 0.25) is 0 Å². The second-order valence-electron chi connectivity index (χ2n) is 3.45. The first-order valence-corrected chi connectivity index (χ1v) is 7.72. The van der Waals surface area contributed by atoms with Crippen LogP contribution in [0.2, 0.25) is 0 Å². The summed E-state index contributed by atoms with van der Waals surface area (Å²) < 4.78 is 25.6. The van der Waals surface area contributed by atoms with Crippen molar-refractivity contribution in [3.8, 4) is 5.75 Å². The first-order chi connectivity index (χ1) is 8.54. The quantitative estimate of drug-likeness (QED) is 0.850. The highest BCUT2D eigenvalue weighted by molar-refractivity contribution is 9.10. The molecule has 1 unspecified atom stereocenters. The van der Waals surface area contributed by atoms with Crippen molar-refractivity contribution >= 4 is 44.1 Å². The van der Waals surface area contributed by atoms with Gasteiger partial charge in [-0.05, 0) is 22.9 Å². The molecular weight excluding hydrogens is 340 g/mol. The van der Waals surface area contributed by atoms with Gasteiger partial charge in [0, 0.05) is 18.5 Å². The molecule has 2 aromatic heterocycles. The molecule has 0 aromatic carbocycles. The molecule has 2 heterocycles. The first kappa shape index (κ1) is 13.6. The Balaban J connectivity index is 2.31. The molecule has 18 heavy (non-hydrogen) atoms. The molecule has 0 N–H and O–H groups in total. The van der Waals surface area contributed by atoms with Gasteiger partial charge >= 0.3 is 0 Å². The predicted octanol–water partition coefficient (Wildman–Crippen LogP) is 2.97. The van der Waals surface area contributed by atoms with Crippen molar-refractivity contribution in [3.63, 3.8) is 0 Å². The van der Waals surface area contributed by atoms with Crippen molar-refractivity contribution < 1.29 is 13.5 Å². The lowest BCUT2D eigenvalue weighted by Crippen LogP contribution is -2.20. The Morgan fingerprint density at radius 1 is 1.61 bits per heavy atom. The van der Waals surface area contributed by atoms with Crippen LogP contribution >= 0.6 is 27.3 Å². The average molecular weight is 351 g/mol. The molecule has 0 amide bonds. The lowest BCUT2D eigenvalue weighted by molar-refractivity contribution is 0.399. The normalized spacial score (nSPS) is 12.4. The van der Waals surface area contributed by atoms with Gasteiger partial charge in [-0.1, -0.05) is 5.16 Å². The number of halogens is 1. The molecule has 0 radical (unpaired) electrons. The summed E-state index contributed by atoms with van der Waals surface area (Å²) in [5.41, 5.74) is 0. The zero-order valence-corrected chi connectivity index (χ0v) is 13.2. The Hall–Kier alpha value is -0.860. The highest BCUT2D eigenvalue weighted by Gasteiger charge is 2.22. The van der Waals surface area contributed by atoms with Crippen molar-refractivity contribution in [1.29, 1.82) is 0 Å². The average Bonchev–Trinajstić information content (AvgIpc) is 2.93. The lowest BCUT2D eigenvalue weighted by atomic mass is 10.5. The Labute approximate surface area is 119 Å². The lowest BCUT2D eigenvalue weighted by Gasteiger charge is -2.13. The van der Waals surface area contributed by atoms with E-state index in [2.05, 4.69) is 21.1 Å². The zero-order chi connectivity index (χ0) is 13.3. The maximum absolute atomic E-state index is 12.4. The molecule has 1 atom stereocenters. The fourth-order valence-electron chi connectivity index (χ4n) is 1.32. The van der Waals surface area contributed by atoms with Gasteiger partial charge in [-0.3, -0.25) is 4.31 Å². The molecule has 0 bridgehead atoms. The molecule has 2 aromatic rings. The summed E-state index contributed by atoms with van der Waals surface area (Å²) in [6.07, 6.45) is 0. The second kappa shape index (κ2) is 5.41. The number of nitrogens with zero attached hydrogens (tertiary/aromatic N) is 2. The van der Waals surface area contributed by atoms with Gasteiger partial charge in [-0.15, -0.1) is 11.3 Å². The second-order valence-corrected chi connectivity index (χ2v) is 6.89. The number of aromatic nitrogens is 1. The van der Waals surface area contributed by atoms with Crippen LogP contribution < -0.4 is 9.04 Å². The molecule has 0 spiro atoms. The van der Waals surface area contributed by atoms with Crippen LogP contribution in [0.3, 0.4) is 0 Å². The molecule has 98 valence electrons. The zero-order valence-electron chi connectivity index (χ0n) is 9.97. The van der Waals surface area contributed by atoms with Crippen molar-refractivity contribution in [1.82, 2.24) is 5.16 Å². The predicted molar refractivity (Wildman–Crippen MR) is 74.6 cm³/mol. The SMILES string of the molecule is COc1c(Br)csc1S(=O)N(C)c1cc(C)on1. The van der Waals surface area contributed by atoms with Crippen molar-refractivity contribution in [3.05, 3.63) is 21.7 Å². The number of rotatable bonds is 4. The highest BCUT2D eigenvalue weighted by atomic mass is 79.9. The van der Waals surface area contributed by atoms with Gasteiger partial charge in [-0.25, -0.2) is 4.21 Å². The van der Waals surface area contributed by atoms with Gasteiger partial charge in [-0.2, -0.15) is 0 Å². The fraction of sp³-hybridized carbons (Fsp3) is 0.300. The number of ether oxygens (including phenoxy) is 1. The van der Waals surface area contributed by atoms with Gasteiger partial charge in [0.25, 0.3) is 0 Å². The maximum atomic E-state index is 12.4. The third kappa shape index (κ3) is 2.45. The summed E-state index contributed by atoms with van der Waals surface area (Å²) in [6, 6.07) is 1.73. The van der Waals surface area contributed by atoms with E-state index >= 15 is 0 Å². The van der Waals surface area contributed by atoms with Crippen LogP contribution in [0.5, 0.6) is 5.75 Å². The van der Waals surface area contributed by atoms with E-state index in [1.54, 1.807) is 27.1 Å². The van der Waals surface area contributed by atoms with E-state index in [1.165, 1.54) is 15.6 Å². The van der Waals surface area contributed by atoms with Gasteiger partial charge in [0.05, 0.1) is 11.6 Å². The van der Waals surface area contributed by atoms with E-state index in [-0.39, 0.29) is 0 Å². The third-order valence-corrected chi connectivity index (χ3v) is 5.77. The van der Waals surface area contributed by atoms with Crippen LogP contribution in [0.1, 0.15) is 5.76 Å². The van der Waals surface area contributed by atoms with Crippen LogP contribution in [-0.4, -0.2) is 23.5 Å². The summed E-state index contributed by atoms with van der Waals surface area (Å²) in [6.45, 7) is 1.79. The monoisotopic (exact) mass is 350 g/mol. The molecule has 0 saturated heterocycles. The van der Waals surface area contributed by atoms with Crippen molar-refractivity contribution in [2.75, 3.05) is 18.5 Å². The van der Waals surface area contributed by atoms with Gasteiger partial charge in [0.15, 0.2) is 26.8 Å². The Morgan fingerprint density at radius 2 is 2.33 bits per heavy atom. The minimum atomic E-state index is -1.38. The minimum Gasteiger partial charge on any atom is -0.493 e. The van der Waals surface area contributed by atoms with E-state index in [0.29, 0.717) is 21.5 Å². The minimum absolute atomic E-state index is 0.525. The van der Waals surface area contributed by atoms with Gasteiger partial charge in [0.1, 0.15) is 5.76 Å². The molecule has 5 nitrogen and oxygen atoms in total. The molecule has 0 aliphatic heterocycles. The highest BCUT2D eigenvalue weighted by Crippen LogP contribution is 2.38. The topological polar surface area (TPSA) is 55.6 Å². The van der Waals surface area contributed by atoms with Crippen molar-refractivity contribution in [2.45, 2.75) is 11.1 Å². The number of aryl methyl sites for hydroxylation is 1. The molecular formula is C10H11BrN2O3S2. The maximum Gasteiger partial charge on any atom is 0.183 e. The van der Waals surface area contributed by atoms with Crippen LogP contribution in [0.25, 0.3) is 0 Å². The van der Waals surface area contributed by atoms with E-state index in [0.717, 1.165) is 4.47 Å². The van der Waals surface area contributed by atoms with Crippen LogP contribution in [0, 0.1) is 6.92 Å². The summed E-state index contributed by atoms with van der Waals surface area (Å²) in [5.74, 6) is 1.79. The Kier molecular flexibility index (Phi) is 4.08.